The number of likely N-dealkylation sites (tertiary alicyclic amines) is 1. The van der Waals surface area contributed by atoms with Crippen LogP contribution in [-0.4, -0.2) is 47.0 Å². The van der Waals surface area contributed by atoms with Gasteiger partial charge in [-0.2, -0.15) is 0 Å². The number of carbonyl (C=O) groups excluding carboxylic acids is 2. The normalized spacial score (nSPS) is 16.5. The smallest absolute Gasteiger partial charge is 0.407 e. The van der Waals surface area contributed by atoms with E-state index in [1.807, 2.05) is 25.7 Å². The Bertz CT molecular complexity index is 361. The van der Waals surface area contributed by atoms with Crippen LogP contribution in [0.25, 0.3) is 0 Å². The fourth-order valence-electron chi connectivity index (χ4n) is 2.45. The van der Waals surface area contributed by atoms with Gasteiger partial charge in [0.2, 0.25) is 5.91 Å². The van der Waals surface area contributed by atoms with E-state index >= 15 is 0 Å². The summed E-state index contributed by atoms with van der Waals surface area (Å²) in [5.74, 6) is 0.241. The van der Waals surface area contributed by atoms with Gasteiger partial charge in [0, 0.05) is 30.9 Å². The SMILES string of the molecule is CC(C)(C)OC(=O)NC1CCN(C(=O)CCCCCBr)CC1. The molecular weight excluding hydrogens is 348 g/mol. The van der Waals surface area contributed by atoms with Crippen LogP contribution in [0.4, 0.5) is 4.79 Å². The van der Waals surface area contributed by atoms with Gasteiger partial charge in [0.25, 0.3) is 0 Å². The molecular formula is C16H29BrN2O3. The Labute approximate surface area is 142 Å². The highest BCUT2D eigenvalue weighted by atomic mass is 79.9. The highest BCUT2D eigenvalue weighted by Gasteiger charge is 2.25. The molecule has 0 spiro atoms. The molecule has 0 atom stereocenters. The van der Waals surface area contributed by atoms with Crippen molar-refractivity contribution in [2.24, 2.45) is 0 Å². The highest BCUT2D eigenvalue weighted by Crippen LogP contribution is 2.14. The first kappa shape index (κ1) is 19.3. The zero-order chi connectivity index (χ0) is 16.6. The average Bonchev–Trinajstić information content (AvgIpc) is 2.42. The van der Waals surface area contributed by atoms with E-state index < -0.39 is 5.60 Å². The first-order valence-electron chi connectivity index (χ1n) is 8.15. The van der Waals surface area contributed by atoms with Crippen LogP contribution in [0.2, 0.25) is 0 Å². The van der Waals surface area contributed by atoms with Crippen molar-refractivity contribution in [2.75, 3.05) is 18.4 Å². The van der Waals surface area contributed by atoms with E-state index in [2.05, 4.69) is 21.2 Å². The molecule has 0 aliphatic carbocycles. The minimum Gasteiger partial charge on any atom is -0.444 e. The lowest BCUT2D eigenvalue weighted by Gasteiger charge is -2.33. The molecule has 0 bridgehead atoms. The quantitative estimate of drug-likeness (QED) is 0.570. The summed E-state index contributed by atoms with van der Waals surface area (Å²) in [7, 11) is 0. The number of piperidine rings is 1. The fourth-order valence-corrected chi connectivity index (χ4v) is 2.85. The van der Waals surface area contributed by atoms with E-state index in [4.69, 9.17) is 4.74 Å². The summed E-state index contributed by atoms with van der Waals surface area (Å²) >= 11 is 3.40. The highest BCUT2D eigenvalue weighted by molar-refractivity contribution is 9.09. The third-order valence-electron chi connectivity index (χ3n) is 3.59. The molecule has 1 aliphatic rings. The number of hydrogen-bond donors (Lipinski definition) is 1. The third-order valence-corrected chi connectivity index (χ3v) is 4.15. The van der Waals surface area contributed by atoms with E-state index in [0.717, 1.165) is 50.5 Å². The second-order valence-electron chi connectivity index (χ2n) is 6.80. The van der Waals surface area contributed by atoms with Crippen LogP contribution in [0, 0.1) is 0 Å². The first-order chi connectivity index (χ1) is 10.3. The van der Waals surface area contributed by atoms with Gasteiger partial charge in [-0.05, 0) is 46.5 Å². The van der Waals surface area contributed by atoms with Gasteiger partial charge in [-0.25, -0.2) is 4.79 Å². The van der Waals surface area contributed by atoms with Crippen LogP contribution in [0.15, 0.2) is 0 Å². The molecule has 128 valence electrons. The van der Waals surface area contributed by atoms with Gasteiger partial charge in [0.05, 0.1) is 0 Å². The van der Waals surface area contributed by atoms with Gasteiger partial charge in [-0.1, -0.05) is 22.4 Å². The van der Waals surface area contributed by atoms with Gasteiger partial charge < -0.3 is 15.0 Å². The predicted octanol–water partition coefficient (Wildman–Crippen LogP) is 3.46. The molecule has 1 heterocycles. The van der Waals surface area contributed by atoms with Crippen molar-refractivity contribution in [2.45, 2.75) is 70.9 Å². The van der Waals surface area contributed by atoms with Gasteiger partial charge in [0.1, 0.15) is 5.60 Å². The maximum atomic E-state index is 12.1. The number of amides is 2. The Hall–Kier alpha value is -0.780. The van der Waals surface area contributed by atoms with Crippen LogP contribution in [-0.2, 0) is 9.53 Å². The fraction of sp³-hybridized carbons (Fsp3) is 0.875. The van der Waals surface area contributed by atoms with Crippen molar-refractivity contribution in [1.29, 1.82) is 0 Å². The molecule has 1 saturated heterocycles. The maximum Gasteiger partial charge on any atom is 0.407 e. The molecule has 0 radical (unpaired) electrons. The van der Waals surface area contributed by atoms with Gasteiger partial charge >= 0.3 is 6.09 Å². The number of ether oxygens (including phenoxy) is 1. The Morgan fingerprint density at radius 3 is 2.36 bits per heavy atom. The average molecular weight is 377 g/mol. The van der Waals surface area contributed by atoms with Crippen molar-refractivity contribution in [3.63, 3.8) is 0 Å². The lowest BCUT2D eigenvalue weighted by atomic mass is 10.0. The van der Waals surface area contributed by atoms with Crippen molar-refractivity contribution in [3.05, 3.63) is 0 Å². The lowest BCUT2D eigenvalue weighted by Crippen LogP contribution is -2.47. The second-order valence-corrected chi connectivity index (χ2v) is 7.59. The summed E-state index contributed by atoms with van der Waals surface area (Å²) < 4.78 is 5.26. The molecule has 1 rings (SSSR count). The minimum atomic E-state index is -0.476. The van der Waals surface area contributed by atoms with Crippen molar-refractivity contribution in [1.82, 2.24) is 10.2 Å². The topological polar surface area (TPSA) is 58.6 Å². The monoisotopic (exact) mass is 376 g/mol. The maximum absolute atomic E-state index is 12.1. The molecule has 0 aromatic carbocycles. The van der Waals surface area contributed by atoms with Crippen LogP contribution in [0.1, 0.15) is 59.3 Å². The number of nitrogens with one attached hydrogen (secondary N) is 1. The molecule has 1 aliphatic heterocycles. The lowest BCUT2D eigenvalue weighted by molar-refractivity contribution is -0.132. The first-order valence-corrected chi connectivity index (χ1v) is 9.27. The zero-order valence-corrected chi connectivity index (χ0v) is 15.6. The number of alkyl halides is 1. The summed E-state index contributed by atoms with van der Waals surface area (Å²) in [6.45, 7) is 6.99. The van der Waals surface area contributed by atoms with Crippen molar-refractivity contribution < 1.29 is 14.3 Å². The molecule has 2 amide bonds. The number of carbonyl (C=O) groups is 2. The summed E-state index contributed by atoms with van der Waals surface area (Å²) in [4.78, 5) is 25.7. The molecule has 1 N–H and O–H groups in total. The number of unbranched alkanes of at least 4 members (excludes halogenated alkanes) is 2. The van der Waals surface area contributed by atoms with Crippen LogP contribution < -0.4 is 5.32 Å². The molecule has 0 unspecified atom stereocenters. The van der Waals surface area contributed by atoms with Gasteiger partial charge in [-0.3, -0.25) is 4.79 Å². The van der Waals surface area contributed by atoms with E-state index in [0.29, 0.717) is 6.42 Å². The molecule has 5 nitrogen and oxygen atoms in total. The van der Waals surface area contributed by atoms with Gasteiger partial charge in [-0.15, -0.1) is 0 Å². The summed E-state index contributed by atoms with van der Waals surface area (Å²) in [5, 5.41) is 3.89. The Morgan fingerprint density at radius 2 is 1.82 bits per heavy atom. The van der Waals surface area contributed by atoms with E-state index in [1.165, 1.54) is 0 Å². The van der Waals surface area contributed by atoms with Gasteiger partial charge in [0.15, 0.2) is 0 Å². The minimum absolute atomic E-state index is 0.104. The zero-order valence-electron chi connectivity index (χ0n) is 14.0. The molecule has 0 saturated carbocycles. The number of hydrogen-bond acceptors (Lipinski definition) is 3. The summed E-state index contributed by atoms with van der Waals surface area (Å²) in [6.07, 6.45) is 5.03. The van der Waals surface area contributed by atoms with E-state index in [1.54, 1.807) is 0 Å². The second kappa shape index (κ2) is 9.38. The Balaban J connectivity index is 2.22. The number of nitrogens with zero attached hydrogens (tertiary/aromatic N) is 1. The van der Waals surface area contributed by atoms with Crippen molar-refractivity contribution >= 4 is 27.9 Å². The van der Waals surface area contributed by atoms with Crippen molar-refractivity contribution in [3.8, 4) is 0 Å². The standard InChI is InChI=1S/C16H29BrN2O3/c1-16(2,3)22-15(21)18-13-8-11-19(12-9-13)14(20)7-5-4-6-10-17/h13H,4-12H2,1-3H3,(H,18,21). The molecule has 0 aromatic rings. The number of alkyl carbamates (subject to hydrolysis) is 1. The summed E-state index contributed by atoms with van der Waals surface area (Å²) in [5.41, 5.74) is -0.476. The molecule has 22 heavy (non-hydrogen) atoms. The largest absolute Gasteiger partial charge is 0.444 e. The van der Waals surface area contributed by atoms with E-state index in [9.17, 15) is 9.59 Å². The van der Waals surface area contributed by atoms with Crippen LogP contribution in [0.3, 0.4) is 0 Å². The predicted molar refractivity (Wildman–Crippen MR) is 91.2 cm³/mol. The molecule has 6 heteroatoms. The van der Waals surface area contributed by atoms with Crippen LogP contribution in [0.5, 0.6) is 0 Å². The number of halogens is 1. The summed E-state index contributed by atoms with van der Waals surface area (Å²) in [6, 6.07) is 0.104. The van der Waals surface area contributed by atoms with E-state index in [-0.39, 0.29) is 18.0 Å². The Morgan fingerprint density at radius 1 is 1.18 bits per heavy atom. The van der Waals surface area contributed by atoms with Crippen LogP contribution >= 0.6 is 15.9 Å². The third kappa shape index (κ3) is 8.01. The molecule has 1 fully saturated rings. The Kier molecular flexibility index (Phi) is 8.21. The molecule has 0 aromatic heterocycles. The number of rotatable bonds is 6.